The zero-order valence-corrected chi connectivity index (χ0v) is 11.1. The first kappa shape index (κ1) is 12.5. The summed E-state index contributed by atoms with van der Waals surface area (Å²) in [5.74, 6) is 0.645. The number of anilines is 1. The average Bonchev–Trinajstić information content (AvgIpc) is 2.39. The Morgan fingerprint density at radius 2 is 2.00 bits per heavy atom. The Kier molecular flexibility index (Phi) is 3.85. The van der Waals surface area contributed by atoms with Crippen LogP contribution in [0.25, 0.3) is 0 Å². The van der Waals surface area contributed by atoms with Gasteiger partial charge in [-0.25, -0.2) is 0 Å². The molecule has 0 unspecified atom stereocenters. The average molecular weight is 303 g/mol. The van der Waals surface area contributed by atoms with Crippen LogP contribution in [0, 0.1) is 11.3 Å². The van der Waals surface area contributed by atoms with Gasteiger partial charge in [-0.1, -0.05) is 28.1 Å². The highest BCUT2D eigenvalue weighted by molar-refractivity contribution is 9.10. The highest BCUT2D eigenvalue weighted by atomic mass is 79.9. The van der Waals surface area contributed by atoms with Crippen molar-refractivity contribution in [2.24, 2.45) is 0 Å². The maximum absolute atomic E-state index is 8.86. The lowest BCUT2D eigenvalue weighted by molar-refractivity contribution is 0.307. The molecule has 0 amide bonds. The number of para-hydroxylation sites is 2. The molecule has 4 heteroatoms. The van der Waals surface area contributed by atoms with Crippen LogP contribution >= 0.6 is 15.9 Å². The monoisotopic (exact) mass is 302 g/mol. The number of rotatable bonds is 3. The van der Waals surface area contributed by atoms with Crippen LogP contribution in [0.15, 0.2) is 46.9 Å². The molecule has 2 aromatic rings. The standard InChI is InChI=1S/C14H11BrN2O/c15-12-6-5-10(8-16)7-11(12)9-18-14-4-2-1-3-13(14)17/h1-7H,9,17H2. The normalized spacial score (nSPS) is 9.78. The smallest absolute Gasteiger partial charge is 0.142 e. The van der Waals surface area contributed by atoms with E-state index in [4.69, 9.17) is 15.7 Å². The van der Waals surface area contributed by atoms with E-state index in [1.54, 1.807) is 18.2 Å². The molecule has 0 aromatic heterocycles. The molecule has 0 atom stereocenters. The summed E-state index contributed by atoms with van der Waals surface area (Å²) in [5.41, 5.74) is 7.91. The van der Waals surface area contributed by atoms with Gasteiger partial charge in [0.15, 0.2) is 0 Å². The van der Waals surface area contributed by atoms with Crippen molar-refractivity contribution in [3.05, 3.63) is 58.1 Å². The van der Waals surface area contributed by atoms with E-state index in [1.807, 2.05) is 24.3 Å². The number of nitriles is 1. The van der Waals surface area contributed by atoms with E-state index in [9.17, 15) is 0 Å². The molecule has 0 aliphatic rings. The number of benzene rings is 2. The van der Waals surface area contributed by atoms with Gasteiger partial charge in [0.25, 0.3) is 0 Å². The lowest BCUT2D eigenvalue weighted by atomic mass is 10.1. The first-order chi connectivity index (χ1) is 8.70. The molecule has 3 nitrogen and oxygen atoms in total. The molecule has 0 heterocycles. The van der Waals surface area contributed by atoms with Crippen LogP contribution in [-0.2, 0) is 6.61 Å². The fourth-order valence-corrected chi connectivity index (χ4v) is 1.88. The van der Waals surface area contributed by atoms with Gasteiger partial charge in [0.1, 0.15) is 12.4 Å². The second kappa shape index (κ2) is 5.56. The van der Waals surface area contributed by atoms with Crippen molar-refractivity contribution in [1.82, 2.24) is 0 Å². The Bertz CT molecular complexity index is 605. The summed E-state index contributed by atoms with van der Waals surface area (Å²) in [6.45, 7) is 0.365. The van der Waals surface area contributed by atoms with E-state index < -0.39 is 0 Å². The second-order valence-electron chi connectivity index (χ2n) is 3.74. The summed E-state index contributed by atoms with van der Waals surface area (Å²) in [7, 11) is 0. The van der Waals surface area contributed by atoms with E-state index >= 15 is 0 Å². The van der Waals surface area contributed by atoms with E-state index in [-0.39, 0.29) is 0 Å². The molecule has 2 aromatic carbocycles. The summed E-state index contributed by atoms with van der Waals surface area (Å²) in [5, 5.41) is 8.86. The summed E-state index contributed by atoms with van der Waals surface area (Å²) in [4.78, 5) is 0. The van der Waals surface area contributed by atoms with Crippen molar-refractivity contribution in [2.45, 2.75) is 6.61 Å². The van der Waals surface area contributed by atoms with Gasteiger partial charge < -0.3 is 10.5 Å². The number of nitrogens with two attached hydrogens (primary N) is 1. The van der Waals surface area contributed by atoms with E-state index in [1.165, 1.54) is 0 Å². The highest BCUT2D eigenvalue weighted by Crippen LogP contribution is 2.24. The Hall–Kier alpha value is -1.99. The number of ether oxygens (including phenoxy) is 1. The number of nitrogens with zero attached hydrogens (tertiary/aromatic N) is 1. The molecule has 0 bridgehead atoms. The lowest BCUT2D eigenvalue weighted by Gasteiger charge is -2.10. The molecular weight excluding hydrogens is 292 g/mol. The summed E-state index contributed by atoms with van der Waals surface area (Å²) < 4.78 is 6.55. The minimum Gasteiger partial charge on any atom is -0.487 e. The molecule has 2 rings (SSSR count). The van der Waals surface area contributed by atoms with E-state index in [2.05, 4.69) is 22.0 Å². The summed E-state index contributed by atoms with van der Waals surface area (Å²) >= 11 is 3.43. The minimum atomic E-state index is 0.365. The van der Waals surface area contributed by atoms with Gasteiger partial charge in [0.2, 0.25) is 0 Å². The largest absolute Gasteiger partial charge is 0.487 e. The third kappa shape index (κ3) is 2.82. The Morgan fingerprint density at radius 3 is 2.72 bits per heavy atom. The second-order valence-corrected chi connectivity index (χ2v) is 4.60. The van der Waals surface area contributed by atoms with Gasteiger partial charge in [-0.05, 0) is 30.3 Å². The number of hydrogen-bond donors (Lipinski definition) is 1. The Labute approximate surface area is 114 Å². The maximum Gasteiger partial charge on any atom is 0.142 e. The topological polar surface area (TPSA) is 59.0 Å². The molecule has 0 aliphatic carbocycles. The van der Waals surface area contributed by atoms with Crippen molar-refractivity contribution in [1.29, 1.82) is 5.26 Å². The third-order valence-corrected chi connectivity index (χ3v) is 3.25. The SMILES string of the molecule is N#Cc1ccc(Br)c(COc2ccccc2N)c1. The van der Waals surface area contributed by atoms with Crippen LogP contribution in [0.2, 0.25) is 0 Å². The summed E-state index contributed by atoms with van der Waals surface area (Å²) in [6, 6.07) is 14.8. The maximum atomic E-state index is 8.86. The summed E-state index contributed by atoms with van der Waals surface area (Å²) in [6.07, 6.45) is 0. The van der Waals surface area contributed by atoms with Gasteiger partial charge >= 0.3 is 0 Å². The number of halogens is 1. The van der Waals surface area contributed by atoms with Crippen LogP contribution in [0.3, 0.4) is 0 Å². The van der Waals surface area contributed by atoms with E-state index in [0.29, 0.717) is 23.6 Å². The Morgan fingerprint density at radius 1 is 1.22 bits per heavy atom. The fraction of sp³-hybridized carbons (Fsp3) is 0.0714. The Balaban J connectivity index is 2.16. The van der Waals surface area contributed by atoms with Crippen molar-refractivity contribution in [3.8, 4) is 11.8 Å². The first-order valence-corrected chi connectivity index (χ1v) is 6.16. The quantitative estimate of drug-likeness (QED) is 0.883. The van der Waals surface area contributed by atoms with Crippen molar-refractivity contribution in [2.75, 3.05) is 5.73 Å². The molecule has 0 spiro atoms. The van der Waals surface area contributed by atoms with Gasteiger partial charge in [-0.2, -0.15) is 5.26 Å². The number of hydrogen-bond acceptors (Lipinski definition) is 3. The minimum absolute atomic E-state index is 0.365. The molecule has 0 radical (unpaired) electrons. The van der Waals surface area contributed by atoms with Crippen LogP contribution in [0.1, 0.15) is 11.1 Å². The third-order valence-electron chi connectivity index (χ3n) is 2.48. The van der Waals surface area contributed by atoms with Gasteiger partial charge in [0, 0.05) is 10.0 Å². The molecular formula is C14H11BrN2O. The molecule has 2 N–H and O–H groups in total. The van der Waals surface area contributed by atoms with Crippen molar-refractivity contribution < 1.29 is 4.74 Å². The van der Waals surface area contributed by atoms with Crippen LogP contribution in [0.5, 0.6) is 5.75 Å². The predicted molar refractivity (Wildman–Crippen MR) is 74.0 cm³/mol. The van der Waals surface area contributed by atoms with Crippen LogP contribution < -0.4 is 10.5 Å². The molecule has 0 aliphatic heterocycles. The van der Waals surface area contributed by atoms with Crippen LogP contribution in [0.4, 0.5) is 5.69 Å². The molecule has 90 valence electrons. The molecule has 18 heavy (non-hydrogen) atoms. The fourth-order valence-electron chi connectivity index (χ4n) is 1.52. The number of nitrogen functional groups attached to an aromatic ring is 1. The van der Waals surface area contributed by atoms with Gasteiger partial charge in [-0.15, -0.1) is 0 Å². The molecule has 0 saturated carbocycles. The molecule has 0 fully saturated rings. The zero-order valence-electron chi connectivity index (χ0n) is 9.56. The van der Waals surface area contributed by atoms with E-state index in [0.717, 1.165) is 10.0 Å². The van der Waals surface area contributed by atoms with Gasteiger partial charge in [0.05, 0.1) is 17.3 Å². The van der Waals surface area contributed by atoms with Crippen LogP contribution in [-0.4, -0.2) is 0 Å². The van der Waals surface area contributed by atoms with Crippen molar-refractivity contribution in [3.63, 3.8) is 0 Å². The highest BCUT2D eigenvalue weighted by Gasteiger charge is 2.04. The van der Waals surface area contributed by atoms with Gasteiger partial charge in [-0.3, -0.25) is 0 Å². The predicted octanol–water partition coefficient (Wildman–Crippen LogP) is 3.48. The lowest BCUT2D eigenvalue weighted by Crippen LogP contribution is -1.99. The zero-order chi connectivity index (χ0) is 13.0. The molecule has 0 saturated heterocycles. The first-order valence-electron chi connectivity index (χ1n) is 5.36. The van der Waals surface area contributed by atoms with Crippen molar-refractivity contribution >= 4 is 21.6 Å².